The molecule has 0 unspecified atom stereocenters. The monoisotopic (exact) mass is 457 g/mol. The van der Waals surface area contributed by atoms with Crippen molar-refractivity contribution in [2.75, 3.05) is 45.2 Å². The number of nitrogens with one attached hydrogen (secondary N) is 1. The largest absolute Gasteiger partial charge is 0.495 e. The highest BCUT2D eigenvalue weighted by molar-refractivity contribution is 7.89. The molecular weight excluding hydrogens is 435 g/mol. The van der Waals surface area contributed by atoms with Crippen LogP contribution < -0.4 is 10.1 Å². The van der Waals surface area contributed by atoms with Crippen LogP contribution in [-0.2, 0) is 21.0 Å². The lowest BCUT2D eigenvalue weighted by Gasteiger charge is -2.33. The second-order valence-electron chi connectivity index (χ2n) is 6.95. The lowest BCUT2D eigenvalue weighted by Crippen LogP contribution is -2.50. The third-order valence-corrected chi connectivity index (χ3v) is 6.77. The number of nitrogens with zero attached hydrogens (tertiary/aromatic N) is 2. The molecule has 1 N–H and O–H groups in total. The van der Waals surface area contributed by atoms with Crippen LogP contribution in [0.3, 0.4) is 0 Å². The molecule has 1 saturated heterocycles. The van der Waals surface area contributed by atoms with Crippen molar-refractivity contribution in [1.29, 1.82) is 0 Å². The molecule has 0 bridgehead atoms. The molecule has 11 heteroatoms. The summed E-state index contributed by atoms with van der Waals surface area (Å²) in [7, 11) is -2.57. The topological polar surface area (TPSA) is 79.0 Å². The average Bonchev–Trinajstić information content (AvgIpc) is 2.74. The SMILES string of the molecule is COc1ccccc1NC(=O)CN1CCN(S(=O)(=O)c2cccc(C(F)(F)F)c2)CC1. The van der Waals surface area contributed by atoms with Crippen LogP contribution in [0.4, 0.5) is 18.9 Å². The molecule has 2 aromatic rings. The standard InChI is InChI=1S/C20H22F3N3O4S/c1-30-18-8-3-2-7-17(18)24-19(27)14-25-9-11-26(12-10-25)31(28,29)16-6-4-5-15(13-16)20(21,22)23/h2-8,13H,9-12,14H2,1H3,(H,24,27). The molecule has 1 aliphatic heterocycles. The van der Waals surface area contributed by atoms with Gasteiger partial charge in [0.05, 0.1) is 29.8 Å². The maximum atomic E-state index is 12.9. The number of halogens is 3. The Kier molecular flexibility index (Phi) is 6.87. The Morgan fingerprint density at radius 2 is 1.74 bits per heavy atom. The van der Waals surface area contributed by atoms with Crippen LogP contribution in [-0.4, -0.2) is 63.4 Å². The first-order valence-electron chi connectivity index (χ1n) is 9.44. The van der Waals surface area contributed by atoms with Crippen molar-refractivity contribution < 1.29 is 31.1 Å². The van der Waals surface area contributed by atoms with E-state index in [4.69, 9.17) is 4.74 Å². The molecule has 0 aliphatic carbocycles. The third kappa shape index (κ3) is 5.54. The van der Waals surface area contributed by atoms with Crippen LogP contribution in [0.2, 0.25) is 0 Å². The number of amides is 1. The summed E-state index contributed by atoms with van der Waals surface area (Å²) in [4.78, 5) is 13.7. The van der Waals surface area contributed by atoms with Crippen LogP contribution in [0.5, 0.6) is 5.75 Å². The van der Waals surface area contributed by atoms with Crippen molar-refractivity contribution in [3.8, 4) is 5.75 Å². The van der Waals surface area contributed by atoms with E-state index < -0.39 is 26.7 Å². The average molecular weight is 457 g/mol. The zero-order chi connectivity index (χ0) is 22.6. The van der Waals surface area contributed by atoms with Gasteiger partial charge in [0.25, 0.3) is 0 Å². The zero-order valence-corrected chi connectivity index (χ0v) is 17.5. The first-order valence-corrected chi connectivity index (χ1v) is 10.9. The number of carbonyl (C=O) groups excluding carboxylic acids is 1. The zero-order valence-electron chi connectivity index (χ0n) is 16.7. The molecule has 0 saturated carbocycles. The Morgan fingerprint density at radius 3 is 2.39 bits per heavy atom. The molecule has 31 heavy (non-hydrogen) atoms. The van der Waals surface area contributed by atoms with Gasteiger partial charge in [-0.05, 0) is 30.3 Å². The maximum absolute atomic E-state index is 12.9. The van der Waals surface area contributed by atoms with Gasteiger partial charge in [-0.2, -0.15) is 17.5 Å². The molecule has 1 amide bonds. The van der Waals surface area contributed by atoms with Gasteiger partial charge in [0.2, 0.25) is 15.9 Å². The van der Waals surface area contributed by atoms with Crippen LogP contribution in [0.25, 0.3) is 0 Å². The van der Waals surface area contributed by atoms with Crippen molar-refractivity contribution in [2.24, 2.45) is 0 Å². The number of piperazine rings is 1. The summed E-state index contributed by atoms with van der Waals surface area (Å²) in [5, 5.41) is 2.75. The second kappa shape index (κ2) is 9.25. The number of benzene rings is 2. The summed E-state index contributed by atoms with van der Waals surface area (Å²) in [5.74, 6) is 0.242. The maximum Gasteiger partial charge on any atom is 0.416 e. The van der Waals surface area contributed by atoms with E-state index in [9.17, 15) is 26.4 Å². The molecule has 0 aromatic heterocycles. The molecule has 3 rings (SSSR count). The minimum absolute atomic E-state index is 0.0511. The molecule has 168 valence electrons. The summed E-state index contributed by atoms with van der Waals surface area (Å²) in [6, 6.07) is 10.7. The number of methoxy groups -OCH3 is 1. The van der Waals surface area contributed by atoms with Gasteiger partial charge in [-0.15, -0.1) is 0 Å². The fourth-order valence-corrected chi connectivity index (χ4v) is 4.72. The Balaban J connectivity index is 1.59. The van der Waals surface area contributed by atoms with Gasteiger partial charge in [-0.25, -0.2) is 8.42 Å². The number of rotatable bonds is 6. The van der Waals surface area contributed by atoms with Crippen molar-refractivity contribution in [2.45, 2.75) is 11.1 Å². The summed E-state index contributed by atoms with van der Waals surface area (Å²) in [6.07, 6.45) is -4.63. The van der Waals surface area contributed by atoms with Gasteiger partial charge >= 0.3 is 6.18 Å². The van der Waals surface area contributed by atoms with Crippen molar-refractivity contribution in [3.63, 3.8) is 0 Å². The highest BCUT2D eigenvalue weighted by Gasteiger charge is 2.34. The fourth-order valence-electron chi connectivity index (χ4n) is 3.25. The second-order valence-corrected chi connectivity index (χ2v) is 8.89. The molecule has 0 spiro atoms. The molecule has 1 fully saturated rings. The van der Waals surface area contributed by atoms with E-state index in [1.807, 2.05) is 0 Å². The summed E-state index contributed by atoms with van der Waals surface area (Å²) in [5.41, 5.74) is -0.485. The number of sulfonamides is 1. The Labute approximate surface area is 178 Å². The van der Waals surface area contributed by atoms with Crippen LogP contribution in [0, 0.1) is 0 Å². The quantitative estimate of drug-likeness (QED) is 0.722. The predicted octanol–water partition coefficient (Wildman–Crippen LogP) is 2.66. The molecular formula is C20H22F3N3O4S. The first kappa shape index (κ1) is 23.0. The van der Waals surface area contributed by atoms with Gasteiger partial charge in [-0.1, -0.05) is 18.2 Å². The van der Waals surface area contributed by atoms with Crippen LogP contribution >= 0.6 is 0 Å². The summed E-state index contributed by atoms with van der Waals surface area (Å²) < 4.78 is 70.6. The van der Waals surface area contributed by atoms with Crippen LogP contribution in [0.1, 0.15) is 5.56 Å². The van der Waals surface area contributed by atoms with Crippen molar-refractivity contribution >= 4 is 21.6 Å². The first-order chi connectivity index (χ1) is 14.6. The molecule has 0 atom stereocenters. The smallest absolute Gasteiger partial charge is 0.416 e. The van der Waals surface area contributed by atoms with E-state index in [1.54, 1.807) is 29.2 Å². The van der Waals surface area contributed by atoms with Crippen molar-refractivity contribution in [1.82, 2.24) is 9.21 Å². The summed E-state index contributed by atoms with van der Waals surface area (Å²) >= 11 is 0. The number of para-hydroxylation sites is 2. The van der Waals surface area contributed by atoms with Crippen LogP contribution in [0.15, 0.2) is 53.4 Å². The highest BCUT2D eigenvalue weighted by atomic mass is 32.2. The van der Waals surface area contributed by atoms with E-state index in [0.29, 0.717) is 17.5 Å². The van der Waals surface area contributed by atoms with Gasteiger partial charge in [0.1, 0.15) is 5.75 Å². The minimum Gasteiger partial charge on any atom is -0.495 e. The minimum atomic E-state index is -4.63. The highest BCUT2D eigenvalue weighted by Crippen LogP contribution is 2.31. The lowest BCUT2D eigenvalue weighted by molar-refractivity contribution is -0.137. The fraction of sp³-hybridized carbons (Fsp3) is 0.350. The number of anilines is 1. The molecule has 2 aromatic carbocycles. The summed E-state index contributed by atoms with van der Waals surface area (Å²) in [6.45, 7) is 0.742. The Bertz CT molecular complexity index is 1040. The molecule has 1 aliphatic rings. The van der Waals surface area contributed by atoms with E-state index in [2.05, 4.69) is 5.32 Å². The Hall–Kier alpha value is -2.63. The number of carbonyl (C=O) groups is 1. The number of hydrogen-bond acceptors (Lipinski definition) is 5. The Morgan fingerprint density at radius 1 is 1.06 bits per heavy atom. The normalized spacial score (nSPS) is 16.1. The van der Waals surface area contributed by atoms with E-state index in [-0.39, 0.29) is 38.6 Å². The molecule has 0 radical (unpaired) electrons. The van der Waals surface area contributed by atoms with Gasteiger partial charge in [0.15, 0.2) is 0 Å². The van der Waals surface area contributed by atoms with E-state index in [0.717, 1.165) is 22.5 Å². The van der Waals surface area contributed by atoms with Crippen molar-refractivity contribution in [3.05, 3.63) is 54.1 Å². The molecule has 7 nitrogen and oxygen atoms in total. The molecule has 1 heterocycles. The van der Waals surface area contributed by atoms with Gasteiger partial charge in [0, 0.05) is 26.2 Å². The number of alkyl halides is 3. The number of hydrogen-bond donors (Lipinski definition) is 1. The number of ether oxygens (including phenoxy) is 1. The third-order valence-electron chi connectivity index (χ3n) is 4.88. The predicted molar refractivity (Wildman–Crippen MR) is 108 cm³/mol. The lowest BCUT2D eigenvalue weighted by atomic mass is 10.2. The van der Waals surface area contributed by atoms with E-state index in [1.165, 1.54) is 7.11 Å². The van der Waals surface area contributed by atoms with Gasteiger partial charge in [-0.3, -0.25) is 9.69 Å². The van der Waals surface area contributed by atoms with E-state index >= 15 is 0 Å². The van der Waals surface area contributed by atoms with Gasteiger partial charge < -0.3 is 10.1 Å².